The van der Waals surface area contributed by atoms with Crippen LogP contribution in [-0.4, -0.2) is 39.9 Å². The van der Waals surface area contributed by atoms with Gasteiger partial charge in [-0.25, -0.2) is 4.79 Å². The minimum Gasteiger partial charge on any atom is -0.480 e. The zero-order valence-corrected chi connectivity index (χ0v) is 12.8. The van der Waals surface area contributed by atoms with Gasteiger partial charge in [0, 0.05) is 6.92 Å². The third-order valence-corrected chi connectivity index (χ3v) is 4.02. The van der Waals surface area contributed by atoms with E-state index in [0.717, 1.165) is 11.8 Å². The molecule has 1 heterocycles. The minimum absolute atomic E-state index is 0.323. The van der Waals surface area contributed by atoms with E-state index >= 15 is 0 Å². The number of thioether (sulfide) groups is 1. The van der Waals surface area contributed by atoms with Crippen molar-refractivity contribution in [2.24, 2.45) is 0 Å². The summed E-state index contributed by atoms with van der Waals surface area (Å²) in [4.78, 5) is 34.2. The van der Waals surface area contributed by atoms with Crippen LogP contribution in [0.3, 0.4) is 0 Å². The summed E-state index contributed by atoms with van der Waals surface area (Å²) in [5, 5.41) is 8.79. The summed E-state index contributed by atoms with van der Waals surface area (Å²) in [6.07, 6.45) is 0. The smallest absolute Gasteiger partial charge is 0.345 e. The van der Waals surface area contributed by atoms with Crippen LogP contribution in [0.5, 0.6) is 5.75 Å². The first-order valence-electron chi connectivity index (χ1n) is 6.49. The molecule has 0 radical (unpaired) electrons. The van der Waals surface area contributed by atoms with E-state index in [-0.39, 0.29) is 0 Å². The molecule has 1 amide bonds. The number of rotatable bonds is 5. The Morgan fingerprint density at radius 1 is 1.36 bits per heavy atom. The number of cyclic esters (lactones) is 1. The van der Waals surface area contributed by atoms with Crippen molar-refractivity contribution in [2.75, 3.05) is 6.54 Å². The van der Waals surface area contributed by atoms with Crippen LogP contribution >= 0.6 is 11.8 Å². The van der Waals surface area contributed by atoms with Crippen molar-refractivity contribution in [3.8, 4) is 5.75 Å². The predicted octanol–water partition coefficient (Wildman–Crippen LogP) is 1.23. The molecular formula is C14H15NO6S. The van der Waals surface area contributed by atoms with Gasteiger partial charge in [-0.1, -0.05) is 23.9 Å². The van der Waals surface area contributed by atoms with Gasteiger partial charge in [-0.15, -0.1) is 0 Å². The van der Waals surface area contributed by atoms with Gasteiger partial charge in [0.25, 0.3) is 0 Å². The summed E-state index contributed by atoms with van der Waals surface area (Å²) in [5.74, 6) is -1.76. The number of ether oxygens (including phenoxy) is 2. The molecule has 0 aromatic heterocycles. The normalized spacial score (nSPS) is 21.1. The van der Waals surface area contributed by atoms with Crippen molar-refractivity contribution in [3.63, 3.8) is 0 Å². The second-order valence-corrected chi connectivity index (χ2v) is 6.41. The lowest BCUT2D eigenvalue weighted by Crippen LogP contribution is -2.43. The summed E-state index contributed by atoms with van der Waals surface area (Å²) < 4.78 is 10.9. The highest BCUT2D eigenvalue weighted by atomic mass is 32.2. The zero-order chi connectivity index (χ0) is 16.3. The third kappa shape index (κ3) is 3.70. The van der Waals surface area contributed by atoms with E-state index < -0.39 is 34.8 Å². The van der Waals surface area contributed by atoms with E-state index in [1.807, 2.05) is 0 Å². The number of fused-ring (bicyclic) bond motifs is 1. The van der Waals surface area contributed by atoms with Crippen molar-refractivity contribution in [1.29, 1.82) is 0 Å². The lowest BCUT2D eigenvalue weighted by molar-refractivity contribution is -0.137. The Labute approximate surface area is 131 Å². The molecule has 0 saturated heterocycles. The number of benzene rings is 1. The van der Waals surface area contributed by atoms with E-state index in [2.05, 4.69) is 5.32 Å². The summed E-state index contributed by atoms with van der Waals surface area (Å²) in [6, 6.07) is 6.65. The number of carboxylic acid groups (broad SMARTS) is 1. The molecule has 2 N–H and O–H groups in total. The Morgan fingerprint density at radius 2 is 2.05 bits per heavy atom. The first-order valence-corrected chi connectivity index (χ1v) is 7.37. The molecule has 0 saturated carbocycles. The molecule has 0 spiro atoms. The van der Waals surface area contributed by atoms with Crippen molar-refractivity contribution in [1.82, 2.24) is 5.32 Å². The minimum atomic E-state index is -1.36. The van der Waals surface area contributed by atoms with Crippen molar-refractivity contribution in [3.05, 3.63) is 29.8 Å². The second kappa shape index (κ2) is 6.27. The lowest BCUT2D eigenvalue weighted by atomic mass is 10.2. The highest BCUT2D eigenvalue weighted by Crippen LogP contribution is 2.39. The van der Waals surface area contributed by atoms with Gasteiger partial charge in [-0.3, -0.25) is 9.59 Å². The number of para-hydroxylation sites is 1. The number of hydrogen-bond acceptors (Lipinski definition) is 6. The molecular weight excluding hydrogens is 310 g/mol. The lowest BCUT2D eigenvalue weighted by Gasteiger charge is -2.35. The maximum atomic E-state index is 12.0. The Hall–Kier alpha value is -2.22. The van der Waals surface area contributed by atoms with Gasteiger partial charge in [-0.05, 0) is 19.1 Å². The molecule has 118 valence electrons. The second-order valence-electron chi connectivity index (χ2n) is 4.72. The Bertz CT molecular complexity index is 619. The number of esters is 1. The molecule has 1 aromatic carbocycles. The standard InChI is InChI=1S/C14H15NO6S/c1-8(12(18)15-7-11(16)17)22-14(2)20-10-6-4-3-5-9(10)13(19)21-14/h3-6,8H,7H2,1-2H3,(H,15,18)(H,16,17)/t8-,14-/m1/s1. The molecule has 1 aliphatic rings. The van der Waals surface area contributed by atoms with Crippen LogP contribution in [0.4, 0.5) is 0 Å². The van der Waals surface area contributed by atoms with E-state index in [9.17, 15) is 14.4 Å². The van der Waals surface area contributed by atoms with Crippen LogP contribution in [0, 0.1) is 0 Å². The number of carbonyl (C=O) groups is 3. The third-order valence-electron chi connectivity index (χ3n) is 2.85. The summed E-state index contributed by atoms with van der Waals surface area (Å²) in [5.41, 5.74) is 0.323. The first-order chi connectivity index (χ1) is 10.3. The van der Waals surface area contributed by atoms with Crippen molar-refractivity contribution >= 4 is 29.6 Å². The van der Waals surface area contributed by atoms with Gasteiger partial charge >= 0.3 is 17.1 Å². The zero-order valence-electron chi connectivity index (χ0n) is 12.0. The highest BCUT2D eigenvalue weighted by molar-refractivity contribution is 8.01. The largest absolute Gasteiger partial charge is 0.480 e. The molecule has 7 nitrogen and oxygen atoms in total. The number of aliphatic carboxylic acids is 1. The van der Waals surface area contributed by atoms with E-state index in [1.165, 1.54) is 6.92 Å². The van der Waals surface area contributed by atoms with E-state index in [4.69, 9.17) is 14.6 Å². The van der Waals surface area contributed by atoms with Crippen molar-refractivity contribution < 1.29 is 29.0 Å². The van der Waals surface area contributed by atoms with Crippen LogP contribution in [-0.2, 0) is 14.3 Å². The van der Waals surface area contributed by atoms with Gasteiger partial charge in [0.1, 0.15) is 17.9 Å². The molecule has 1 aromatic rings. The van der Waals surface area contributed by atoms with Gasteiger partial charge in [0.15, 0.2) is 0 Å². The summed E-state index contributed by atoms with van der Waals surface area (Å²) >= 11 is 0.980. The fraction of sp³-hybridized carbons (Fsp3) is 0.357. The Kier molecular flexibility index (Phi) is 4.60. The number of amides is 1. The molecule has 0 unspecified atom stereocenters. The molecule has 0 fully saturated rings. The van der Waals surface area contributed by atoms with Crippen LogP contribution in [0.2, 0.25) is 0 Å². The molecule has 0 bridgehead atoms. The topological polar surface area (TPSA) is 102 Å². The number of carbonyl (C=O) groups excluding carboxylic acids is 2. The SMILES string of the molecule is C[C@@H](S[C@@]1(C)OC(=O)c2ccccc2O1)C(=O)NCC(=O)O. The van der Waals surface area contributed by atoms with Gasteiger partial charge in [0.2, 0.25) is 5.91 Å². The average Bonchev–Trinajstić information content (AvgIpc) is 2.44. The fourth-order valence-corrected chi connectivity index (χ4v) is 2.99. The maximum Gasteiger partial charge on any atom is 0.345 e. The molecule has 22 heavy (non-hydrogen) atoms. The van der Waals surface area contributed by atoms with Crippen LogP contribution in [0.1, 0.15) is 24.2 Å². The van der Waals surface area contributed by atoms with Crippen molar-refractivity contribution in [2.45, 2.75) is 24.2 Å². The molecule has 2 rings (SSSR count). The fourth-order valence-electron chi connectivity index (χ4n) is 1.90. The number of hydrogen-bond donors (Lipinski definition) is 2. The van der Waals surface area contributed by atoms with Crippen LogP contribution in [0.25, 0.3) is 0 Å². The van der Waals surface area contributed by atoms with Crippen LogP contribution < -0.4 is 10.1 Å². The molecule has 0 aliphatic carbocycles. The highest BCUT2D eigenvalue weighted by Gasteiger charge is 2.41. The van der Waals surface area contributed by atoms with Gasteiger partial charge in [-0.2, -0.15) is 0 Å². The quantitative estimate of drug-likeness (QED) is 0.785. The van der Waals surface area contributed by atoms with E-state index in [0.29, 0.717) is 11.3 Å². The Balaban J connectivity index is 2.05. The van der Waals surface area contributed by atoms with Gasteiger partial charge in [0.05, 0.1) is 5.25 Å². The monoisotopic (exact) mass is 325 g/mol. The average molecular weight is 325 g/mol. The maximum absolute atomic E-state index is 12.0. The molecule has 8 heteroatoms. The van der Waals surface area contributed by atoms with E-state index in [1.54, 1.807) is 31.2 Å². The summed E-state index contributed by atoms with van der Waals surface area (Å²) in [7, 11) is 0. The molecule has 2 atom stereocenters. The first kappa shape index (κ1) is 16.2. The Morgan fingerprint density at radius 3 is 2.73 bits per heavy atom. The molecule has 1 aliphatic heterocycles. The number of carboxylic acids is 1. The number of nitrogens with one attached hydrogen (secondary N) is 1. The summed E-state index contributed by atoms with van der Waals surface area (Å²) in [6.45, 7) is 2.64. The predicted molar refractivity (Wildman–Crippen MR) is 78.6 cm³/mol. The van der Waals surface area contributed by atoms with Gasteiger partial charge < -0.3 is 19.9 Å². The van der Waals surface area contributed by atoms with Crippen LogP contribution in [0.15, 0.2) is 24.3 Å².